The van der Waals surface area contributed by atoms with Crippen LogP contribution in [0.15, 0.2) is 66.9 Å². The fraction of sp³-hybridized carbons (Fsp3) is 0.0588. The largest absolute Gasteiger partial charge is 1.00 e. The number of rotatable bonds is 3. The molecule has 2 nitrogen and oxygen atoms in total. The van der Waals surface area contributed by atoms with Gasteiger partial charge in [0, 0.05) is 28.1 Å². The van der Waals surface area contributed by atoms with Gasteiger partial charge in [-0.1, -0.05) is 23.7 Å². The molecular formula is C17H13ClINO. The van der Waals surface area contributed by atoms with Crippen LogP contribution in [0.4, 0.5) is 0 Å². The van der Waals surface area contributed by atoms with Gasteiger partial charge in [0.05, 0.1) is 0 Å². The standard InChI is InChI=1S/C17H13ClNO.HI/c18-15-9-7-14(8-10-15)17(20)12-19-11-3-5-13-4-1-2-6-16(13)19;/h1-11H,12H2;1H/q+1;/p-1. The molecule has 106 valence electrons. The molecule has 0 bridgehead atoms. The molecule has 0 atom stereocenters. The summed E-state index contributed by atoms with van der Waals surface area (Å²) < 4.78 is 1.96. The van der Waals surface area contributed by atoms with Crippen LogP contribution >= 0.6 is 11.6 Å². The summed E-state index contributed by atoms with van der Waals surface area (Å²) in [5, 5.41) is 1.76. The highest BCUT2D eigenvalue weighted by Gasteiger charge is 2.14. The molecule has 1 aromatic heterocycles. The number of carbonyl (C=O) groups excluding carboxylic acids is 1. The van der Waals surface area contributed by atoms with Crippen LogP contribution < -0.4 is 28.5 Å². The van der Waals surface area contributed by atoms with E-state index in [-0.39, 0.29) is 29.8 Å². The lowest BCUT2D eigenvalue weighted by Gasteiger charge is -2.01. The zero-order valence-corrected chi connectivity index (χ0v) is 14.1. The third kappa shape index (κ3) is 3.60. The first kappa shape index (κ1) is 15.9. The Morgan fingerprint density at radius 3 is 2.38 bits per heavy atom. The second-order valence-electron chi connectivity index (χ2n) is 4.62. The van der Waals surface area contributed by atoms with Gasteiger partial charge in [-0.25, -0.2) is 0 Å². The average Bonchev–Trinajstić information content (AvgIpc) is 2.48. The minimum atomic E-state index is 0. The highest BCUT2D eigenvalue weighted by molar-refractivity contribution is 6.30. The molecule has 0 fully saturated rings. The smallest absolute Gasteiger partial charge is 0.227 e. The molecule has 0 saturated heterocycles. The number of para-hydroxylation sites is 1. The van der Waals surface area contributed by atoms with Crippen LogP contribution in [-0.4, -0.2) is 5.78 Å². The first-order valence-corrected chi connectivity index (χ1v) is 6.78. The molecule has 0 saturated carbocycles. The van der Waals surface area contributed by atoms with Gasteiger partial charge in [0.25, 0.3) is 0 Å². The zero-order chi connectivity index (χ0) is 13.9. The van der Waals surface area contributed by atoms with Gasteiger partial charge < -0.3 is 24.0 Å². The first-order valence-electron chi connectivity index (χ1n) is 6.40. The van der Waals surface area contributed by atoms with Crippen LogP contribution in [0.5, 0.6) is 0 Å². The van der Waals surface area contributed by atoms with Gasteiger partial charge in [0.2, 0.25) is 17.8 Å². The SMILES string of the molecule is O=C(C[n+]1cccc2ccccc21)c1ccc(Cl)cc1.[I-]. The highest BCUT2D eigenvalue weighted by atomic mass is 127. The number of pyridine rings is 1. The van der Waals surface area contributed by atoms with Crippen molar-refractivity contribution >= 4 is 28.3 Å². The summed E-state index contributed by atoms with van der Waals surface area (Å²) in [5.74, 6) is 0.0722. The Kier molecular flexibility index (Phi) is 5.31. The number of ketones is 1. The number of carbonyl (C=O) groups is 1. The molecule has 21 heavy (non-hydrogen) atoms. The van der Waals surface area contributed by atoms with Crippen LogP contribution in [0, 0.1) is 0 Å². The third-order valence-electron chi connectivity index (χ3n) is 3.27. The minimum Gasteiger partial charge on any atom is -1.00 e. The fourth-order valence-electron chi connectivity index (χ4n) is 2.24. The molecule has 0 radical (unpaired) electrons. The summed E-state index contributed by atoms with van der Waals surface area (Å²) in [6.45, 7) is 0.322. The molecule has 0 aliphatic heterocycles. The second-order valence-corrected chi connectivity index (χ2v) is 5.06. The minimum absolute atomic E-state index is 0. The van der Waals surface area contributed by atoms with Crippen molar-refractivity contribution in [3.05, 3.63) is 77.4 Å². The Morgan fingerprint density at radius 1 is 0.952 bits per heavy atom. The Labute approximate surface area is 145 Å². The van der Waals surface area contributed by atoms with Crippen molar-refractivity contribution in [1.82, 2.24) is 0 Å². The molecule has 1 heterocycles. The van der Waals surface area contributed by atoms with E-state index in [2.05, 4.69) is 0 Å². The fourth-order valence-corrected chi connectivity index (χ4v) is 2.37. The number of benzene rings is 2. The molecule has 0 N–H and O–H groups in total. The van der Waals surface area contributed by atoms with Crippen LogP contribution in [0.25, 0.3) is 10.9 Å². The van der Waals surface area contributed by atoms with E-state index in [9.17, 15) is 4.79 Å². The van der Waals surface area contributed by atoms with E-state index in [1.807, 2.05) is 47.2 Å². The van der Waals surface area contributed by atoms with E-state index in [1.54, 1.807) is 24.3 Å². The Bertz CT molecular complexity index is 766. The molecule has 0 unspecified atom stereocenters. The van der Waals surface area contributed by atoms with Crippen LogP contribution in [0.3, 0.4) is 0 Å². The van der Waals surface area contributed by atoms with Crippen molar-refractivity contribution in [1.29, 1.82) is 0 Å². The van der Waals surface area contributed by atoms with Gasteiger partial charge in [-0.3, -0.25) is 4.79 Å². The molecule has 0 aliphatic rings. The van der Waals surface area contributed by atoms with E-state index in [0.717, 1.165) is 10.9 Å². The summed E-state index contributed by atoms with van der Waals surface area (Å²) >= 11 is 5.84. The number of halogens is 2. The molecule has 0 spiro atoms. The second kappa shape index (κ2) is 7.00. The molecule has 0 amide bonds. The normalized spacial score (nSPS) is 10.1. The number of hydrogen-bond acceptors (Lipinski definition) is 1. The lowest BCUT2D eigenvalue weighted by Crippen LogP contribution is -3.00. The van der Waals surface area contributed by atoms with E-state index >= 15 is 0 Å². The Hall–Kier alpha value is -1.46. The van der Waals surface area contributed by atoms with Crippen LogP contribution in [-0.2, 0) is 6.54 Å². The van der Waals surface area contributed by atoms with Gasteiger partial charge >= 0.3 is 0 Å². The van der Waals surface area contributed by atoms with Crippen molar-refractivity contribution in [3.8, 4) is 0 Å². The van der Waals surface area contributed by atoms with Crippen molar-refractivity contribution < 1.29 is 33.3 Å². The van der Waals surface area contributed by atoms with E-state index in [0.29, 0.717) is 17.1 Å². The zero-order valence-electron chi connectivity index (χ0n) is 11.2. The number of hydrogen-bond donors (Lipinski definition) is 0. The lowest BCUT2D eigenvalue weighted by molar-refractivity contribution is -0.657. The molecule has 3 aromatic rings. The summed E-state index contributed by atoms with van der Waals surface area (Å²) in [5.41, 5.74) is 1.73. The monoisotopic (exact) mass is 409 g/mol. The van der Waals surface area contributed by atoms with Crippen molar-refractivity contribution in [3.63, 3.8) is 0 Å². The van der Waals surface area contributed by atoms with Crippen molar-refractivity contribution in [2.24, 2.45) is 0 Å². The molecule has 4 heteroatoms. The number of aromatic nitrogens is 1. The van der Waals surface area contributed by atoms with Gasteiger partial charge in [-0.05, 0) is 36.4 Å². The summed E-state index contributed by atoms with van der Waals surface area (Å²) in [6, 6.07) is 19.0. The third-order valence-corrected chi connectivity index (χ3v) is 3.52. The maximum absolute atomic E-state index is 12.3. The molecule has 0 aliphatic carbocycles. The van der Waals surface area contributed by atoms with Gasteiger partial charge in [-0.2, -0.15) is 4.57 Å². The van der Waals surface area contributed by atoms with Crippen molar-refractivity contribution in [2.45, 2.75) is 6.54 Å². The summed E-state index contributed by atoms with van der Waals surface area (Å²) in [6.07, 6.45) is 1.93. The summed E-state index contributed by atoms with van der Waals surface area (Å²) in [7, 11) is 0. The predicted molar refractivity (Wildman–Crippen MR) is 79.9 cm³/mol. The highest BCUT2D eigenvalue weighted by Crippen LogP contribution is 2.11. The average molecular weight is 410 g/mol. The van der Waals surface area contributed by atoms with E-state index in [1.165, 1.54) is 0 Å². The number of Topliss-reactive ketones (excluding diaryl/α,β-unsaturated/α-hetero) is 1. The van der Waals surface area contributed by atoms with Crippen LogP contribution in [0.2, 0.25) is 5.02 Å². The number of nitrogens with zero attached hydrogens (tertiary/aromatic N) is 1. The van der Waals surface area contributed by atoms with E-state index < -0.39 is 0 Å². The van der Waals surface area contributed by atoms with Crippen LogP contribution in [0.1, 0.15) is 10.4 Å². The van der Waals surface area contributed by atoms with Crippen molar-refractivity contribution in [2.75, 3.05) is 0 Å². The van der Waals surface area contributed by atoms with Gasteiger partial charge in [-0.15, -0.1) is 0 Å². The Balaban J connectivity index is 0.00000161. The predicted octanol–water partition coefficient (Wildman–Crippen LogP) is 0.668. The summed E-state index contributed by atoms with van der Waals surface area (Å²) in [4.78, 5) is 12.3. The van der Waals surface area contributed by atoms with Gasteiger partial charge in [0.1, 0.15) is 0 Å². The maximum atomic E-state index is 12.3. The maximum Gasteiger partial charge on any atom is 0.227 e. The topological polar surface area (TPSA) is 20.9 Å². The van der Waals surface area contributed by atoms with Gasteiger partial charge in [0.15, 0.2) is 6.20 Å². The Morgan fingerprint density at radius 2 is 1.62 bits per heavy atom. The quantitative estimate of drug-likeness (QED) is 0.354. The lowest BCUT2D eigenvalue weighted by atomic mass is 10.1. The first-order chi connectivity index (χ1) is 9.74. The molecule has 2 aromatic carbocycles. The van der Waals surface area contributed by atoms with E-state index in [4.69, 9.17) is 11.6 Å². The number of fused-ring (bicyclic) bond motifs is 1. The molecule has 3 rings (SSSR count). The molecular weight excluding hydrogens is 397 g/mol.